The molecule has 0 aliphatic rings. The van der Waals surface area contributed by atoms with Gasteiger partial charge in [0.15, 0.2) is 0 Å². The quantitative estimate of drug-likeness (QED) is 0.415. The standard InChI is InChI=1S/C22H20N4O5S/c1-3-30-14-7-5-13(6-8-14)26-20(28)16(19(27)25-22(26)29)12-23-21-24-17-10-9-15(31-4-2)11-18(17)32-21/h5-12,28H,3-4H2,1-2H3,(H,25,27,29). The predicted molar refractivity (Wildman–Crippen MR) is 124 cm³/mol. The van der Waals surface area contributed by atoms with Crippen molar-refractivity contribution in [2.24, 2.45) is 4.99 Å². The molecule has 4 rings (SSSR count). The SMILES string of the molecule is CCOc1ccc(-n2c(O)c(C=Nc3nc4ccc(OCC)cc4s3)c(=O)[nH]c2=O)cc1. The molecule has 164 valence electrons. The van der Waals surface area contributed by atoms with Crippen LogP contribution in [0, 0.1) is 0 Å². The molecule has 0 unspecified atom stereocenters. The van der Waals surface area contributed by atoms with Crippen LogP contribution in [0.4, 0.5) is 5.13 Å². The van der Waals surface area contributed by atoms with E-state index >= 15 is 0 Å². The van der Waals surface area contributed by atoms with Gasteiger partial charge in [-0.15, -0.1) is 0 Å². The fourth-order valence-corrected chi connectivity index (χ4v) is 3.92. The fraction of sp³-hybridized carbons (Fsp3) is 0.182. The monoisotopic (exact) mass is 452 g/mol. The molecule has 9 nitrogen and oxygen atoms in total. The Morgan fingerprint density at radius 3 is 2.50 bits per heavy atom. The van der Waals surface area contributed by atoms with Crippen molar-refractivity contribution in [3.05, 3.63) is 68.9 Å². The molecule has 32 heavy (non-hydrogen) atoms. The minimum atomic E-state index is -0.766. The second kappa shape index (κ2) is 9.06. The number of fused-ring (bicyclic) bond motifs is 1. The third-order valence-electron chi connectivity index (χ3n) is 4.49. The molecule has 0 aliphatic heterocycles. The number of nitrogens with one attached hydrogen (secondary N) is 1. The Kier molecular flexibility index (Phi) is 6.04. The van der Waals surface area contributed by atoms with Gasteiger partial charge in [0.2, 0.25) is 11.0 Å². The molecule has 0 saturated carbocycles. The number of hydrogen-bond donors (Lipinski definition) is 2. The molecular formula is C22H20N4O5S. The van der Waals surface area contributed by atoms with Crippen LogP contribution in [0.3, 0.4) is 0 Å². The number of aromatic hydroxyl groups is 1. The molecule has 2 heterocycles. The van der Waals surface area contributed by atoms with Gasteiger partial charge in [-0.3, -0.25) is 9.78 Å². The largest absolute Gasteiger partial charge is 0.494 e. The summed E-state index contributed by atoms with van der Waals surface area (Å²) >= 11 is 1.31. The molecule has 10 heteroatoms. The Labute approximate surface area is 186 Å². The first-order valence-electron chi connectivity index (χ1n) is 9.89. The van der Waals surface area contributed by atoms with Gasteiger partial charge >= 0.3 is 5.69 Å². The predicted octanol–water partition coefficient (Wildman–Crippen LogP) is 3.39. The number of benzene rings is 2. The molecule has 2 aromatic carbocycles. The van der Waals surface area contributed by atoms with E-state index < -0.39 is 17.1 Å². The highest BCUT2D eigenvalue weighted by molar-refractivity contribution is 7.22. The summed E-state index contributed by atoms with van der Waals surface area (Å²) in [5.74, 6) is 0.834. The third-order valence-corrected chi connectivity index (χ3v) is 5.42. The number of ether oxygens (including phenoxy) is 2. The summed E-state index contributed by atoms with van der Waals surface area (Å²) in [7, 11) is 0. The van der Waals surface area contributed by atoms with Crippen molar-refractivity contribution in [2.45, 2.75) is 13.8 Å². The minimum absolute atomic E-state index is 0.159. The zero-order valence-electron chi connectivity index (χ0n) is 17.4. The Hall–Kier alpha value is -3.92. The maximum Gasteiger partial charge on any atom is 0.335 e. The summed E-state index contributed by atoms with van der Waals surface area (Å²) in [6.45, 7) is 4.83. The molecule has 0 fully saturated rings. The van der Waals surface area contributed by atoms with Gasteiger partial charge in [0, 0.05) is 6.21 Å². The number of hydrogen-bond acceptors (Lipinski definition) is 8. The van der Waals surface area contributed by atoms with Crippen LogP contribution < -0.4 is 20.7 Å². The molecule has 0 spiro atoms. The summed E-state index contributed by atoms with van der Waals surface area (Å²) in [6, 6.07) is 12.1. The van der Waals surface area contributed by atoms with E-state index in [1.807, 2.05) is 32.0 Å². The van der Waals surface area contributed by atoms with Crippen molar-refractivity contribution in [2.75, 3.05) is 13.2 Å². The minimum Gasteiger partial charge on any atom is -0.494 e. The van der Waals surface area contributed by atoms with Crippen LogP contribution in [0.15, 0.2) is 57.0 Å². The normalized spacial score (nSPS) is 11.3. The Bertz CT molecular complexity index is 1400. The number of H-pyrrole nitrogens is 1. The van der Waals surface area contributed by atoms with Crippen molar-refractivity contribution >= 4 is 32.9 Å². The molecule has 0 aliphatic carbocycles. The molecule has 2 N–H and O–H groups in total. The molecule has 0 saturated heterocycles. The van der Waals surface area contributed by atoms with Crippen LogP contribution in [0.25, 0.3) is 15.9 Å². The zero-order chi connectivity index (χ0) is 22.7. The lowest BCUT2D eigenvalue weighted by molar-refractivity contribution is 0.340. The van der Waals surface area contributed by atoms with E-state index in [1.54, 1.807) is 24.3 Å². The maximum atomic E-state index is 12.4. The fourth-order valence-electron chi connectivity index (χ4n) is 3.08. The van der Waals surface area contributed by atoms with Crippen LogP contribution in [-0.2, 0) is 0 Å². The van der Waals surface area contributed by atoms with E-state index in [4.69, 9.17) is 9.47 Å². The number of aromatic nitrogens is 3. The van der Waals surface area contributed by atoms with E-state index in [0.717, 1.165) is 20.5 Å². The van der Waals surface area contributed by atoms with Gasteiger partial charge in [0.25, 0.3) is 5.56 Å². The van der Waals surface area contributed by atoms with Crippen LogP contribution in [0.5, 0.6) is 17.4 Å². The molecule has 4 aromatic rings. The highest BCUT2D eigenvalue weighted by Crippen LogP contribution is 2.31. The van der Waals surface area contributed by atoms with Crippen LogP contribution >= 0.6 is 11.3 Å². The first-order chi connectivity index (χ1) is 15.5. The average molecular weight is 452 g/mol. The number of aliphatic imine (C=N–C) groups is 1. The van der Waals surface area contributed by atoms with Crippen molar-refractivity contribution in [1.82, 2.24) is 14.5 Å². The summed E-state index contributed by atoms with van der Waals surface area (Å²) in [5, 5.41) is 11.1. The second-order valence-corrected chi connectivity index (χ2v) is 7.59. The number of nitrogens with zero attached hydrogens (tertiary/aromatic N) is 3. The van der Waals surface area contributed by atoms with Crippen molar-refractivity contribution in [3.63, 3.8) is 0 Å². The lowest BCUT2D eigenvalue weighted by atomic mass is 10.2. The summed E-state index contributed by atoms with van der Waals surface area (Å²) < 4.78 is 12.8. The molecule has 0 amide bonds. The Balaban J connectivity index is 1.70. The van der Waals surface area contributed by atoms with Gasteiger partial charge in [0.1, 0.15) is 17.1 Å². The number of rotatable bonds is 7. The molecular weight excluding hydrogens is 432 g/mol. The van der Waals surface area contributed by atoms with E-state index in [0.29, 0.717) is 29.8 Å². The van der Waals surface area contributed by atoms with Gasteiger partial charge in [-0.1, -0.05) is 11.3 Å². The smallest absolute Gasteiger partial charge is 0.335 e. The molecule has 2 aromatic heterocycles. The van der Waals surface area contributed by atoms with E-state index in [-0.39, 0.29) is 5.56 Å². The van der Waals surface area contributed by atoms with Gasteiger partial charge in [-0.05, 0) is 56.3 Å². The maximum absolute atomic E-state index is 12.4. The first-order valence-corrected chi connectivity index (χ1v) is 10.7. The Morgan fingerprint density at radius 1 is 1.09 bits per heavy atom. The highest BCUT2D eigenvalue weighted by atomic mass is 32.1. The summed E-state index contributed by atoms with van der Waals surface area (Å²) in [4.78, 5) is 35.5. The lowest BCUT2D eigenvalue weighted by Crippen LogP contribution is -2.31. The third kappa shape index (κ3) is 4.26. The van der Waals surface area contributed by atoms with Crippen LogP contribution in [-0.4, -0.2) is 39.1 Å². The van der Waals surface area contributed by atoms with Gasteiger partial charge in [-0.25, -0.2) is 19.3 Å². The first kappa shape index (κ1) is 21.3. The Morgan fingerprint density at radius 2 is 1.78 bits per heavy atom. The van der Waals surface area contributed by atoms with E-state index in [2.05, 4.69) is 15.0 Å². The summed E-state index contributed by atoms with van der Waals surface area (Å²) in [5.41, 5.74) is -0.573. The number of thiazole rings is 1. The highest BCUT2D eigenvalue weighted by Gasteiger charge is 2.15. The van der Waals surface area contributed by atoms with E-state index in [9.17, 15) is 14.7 Å². The van der Waals surface area contributed by atoms with Gasteiger partial charge in [0.05, 0.1) is 29.1 Å². The van der Waals surface area contributed by atoms with Crippen LogP contribution in [0.1, 0.15) is 19.4 Å². The van der Waals surface area contributed by atoms with Gasteiger partial charge < -0.3 is 14.6 Å². The van der Waals surface area contributed by atoms with E-state index in [1.165, 1.54) is 17.6 Å². The number of aromatic amines is 1. The topological polar surface area (TPSA) is 119 Å². The molecule has 0 atom stereocenters. The van der Waals surface area contributed by atoms with Crippen molar-refractivity contribution in [1.29, 1.82) is 0 Å². The second-order valence-electron chi connectivity index (χ2n) is 6.58. The van der Waals surface area contributed by atoms with Crippen molar-refractivity contribution in [3.8, 4) is 23.1 Å². The van der Waals surface area contributed by atoms with Crippen molar-refractivity contribution < 1.29 is 14.6 Å². The molecule has 0 radical (unpaired) electrons. The zero-order valence-corrected chi connectivity index (χ0v) is 18.2. The molecule has 0 bridgehead atoms. The summed E-state index contributed by atoms with van der Waals surface area (Å²) in [6.07, 6.45) is 1.19. The average Bonchev–Trinajstić information content (AvgIpc) is 3.17. The van der Waals surface area contributed by atoms with Crippen LogP contribution in [0.2, 0.25) is 0 Å². The van der Waals surface area contributed by atoms with Gasteiger partial charge in [-0.2, -0.15) is 0 Å². The lowest BCUT2D eigenvalue weighted by Gasteiger charge is -2.10.